The van der Waals surface area contributed by atoms with Crippen LogP contribution in [0.3, 0.4) is 0 Å². The molecule has 1 atom stereocenters. The summed E-state index contributed by atoms with van der Waals surface area (Å²) in [5, 5.41) is 11.8. The van der Waals surface area contributed by atoms with Crippen LogP contribution in [0.2, 0.25) is 5.02 Å². The minimum absolute atomic E-state index is 0.160. The Labute approximate surface area is 102 Å². The molecule has 0 aliphatic rings. The summed E-state index contributed by atoms with van der Waals surface area (Å²) in [6.07, 6.45) is 1.06. The number of benzene rings is 1. The van der Waals surface area contributed by atoms with Gasteiger partial charge in [0.05, 0.1) is 10.8 Å². The lowest BCUT2D eigenvalue weighted by molar-refractivity contribution is 0.317. The van der Waals surface area contributed by atoms with Gasteiger partial charge < -0.3 is 10.9 Å². The molecular formula is C10H13ClN2O2S. The van der Waals surface area contributed by atoms with E-state index in [4.69, 9.17) is 22.5 Å². The van der Waals surface area contributed by atoms with E-state index in [1.165, 1.54) is 0 Å². The molecule has 4 nitrogen and oxygen atoms in total. The fourth-order valence-electron chi connectivity index (χ4n) is 1.14. The average molecular weight is 261 g/mol. The number of rotatable bonds is 5. The van der Waals surface area contributed by atoms with Gasteiger partial charge in [-0.25, -0.2) is 0 Å². The van der Waals surface area contributed by atoms with E-state index in [-0.39, 0.29) is 5.84 Å². The second kappa shape index (κ2) is 6.50. The van der Waals surface area contributed by atoms with E-state index in [0.717, 1.165) is 4.90 Å². The summed E-state index contributed by atoms with van der Waals surface area (Å²) in [7, 11) is -1.06. The maximum atomic E-state index is 11.8. The zero-order chi connectivity index (χ0) is 12.0. The van der Waals surface area contributed by atoms with Crippen LogP contribution in [-0.2, 0) is 10.8 Å². The lowest BCUT2D eigenvalue weighted by atomic mass is 10.3. The lowest BCUT2D eigenvalue weighted by Crippen LogP contribution is -2.12. The van der Waals surface area contributed by atoms with Gasteiger partial charge in [0, 0.05) is 22.1 Å². The van der Waals surface area contributed by atoms with Crippen molar-refractivity contribution < 1.29 is 9.42 Å². The number of oxime groups is 1. The Morgan fingerprint density at radius 3 is 2.62 bits per heavy atom. The van der Waals surface area contributed by atoms with Gasteiger partial charge in [0.2, 0.25) is 0 Å². The van der Waals surface area contributed by atoms with E-state index in [1.54, 1.807) is 24.3 Å². The topological polar surface area (TPSA) is 75.7 Å². The summed E-state index contributed by atoms with van der Waals surface area (Å²) in [4.78, 5) is 0.740. The van der Waals surface area contributed by atoms with Crippen LogP contribution in [-0.4, -0.2) is 21.0 Å². The molecule has 1 unspecified atom stereocenters. The van der Waals surface area contributed by atoms with Crippen LogP contribution in [0.1, 0.15) is 12.8 Å². The van der Waals surface area contributed by atoms with Crippen molar-refractivity contribution in [2.45, 2.75) is 17.7 Å². The van der Waals surface area contributed by atoms with Crippen LogP contribution in [0.15, 0.2) is 34.3 Å². The summed E-state index contributed by atoms with van der Waals surface area (Å²) in [6.45, 7) is 0. The average Bonchev–Trinajstić information content (AvgIpc) is 2.29. The standard InChI is InChI=1S/C10H13ClN2O2S/c11-8-3-5-9(6-4-8)16(15)7-1-2-10(12)13-14/h3-6,14H,1-2,7H2,(H2,12,13). The summed E-state index contributed by atoms with van der Waals surface area (Å²) in [6, 6.07) is 6.89. The highest BCUT2D eigenvalue weighted by Crippen LogP contribution is 2.13. The first kappa shape index (κ1) is 13.0. The third-order valence-corrected chi connectivity index (χ3v) is 3.68. The molecule has 0 aliphatic carbocycles. The van der Waals surface area contributed by atoms with Gasteiger partial charge in [0.25, 0.3) is 0 Å². The quantitative estimate of drug-likeness (QED) is 0.368. The van der Waals surface area contributed by atoms with Crippen LogP contribution in [0.4, 0.5) is 0 Å². The molecule has 1 aromatic carbocycles. The third-order valence-electron chi connectivity index (χ3n) is 1.97. The molecule has 16 heavy (non-hydrogen) atoms. The molecule has 0 heterocycles. The molecule has 1 rings (SSSR count). The van der Waals surface area contributed by atoms with E-state index in [0.29, 0.717) is 23.6 Å². The monoisotopic (exact) mass is 260 g/mol. The SMILES string of the molecule is NC(CCCS(=O)c1ccc(Cl)cc1)=NO. The second-order valence-electron chi connectivity index (χ2n) is 3.20. The molecule has 0 aromatic heterocycles. The Balaban J connectivity index is 2.44. The molecule has 0 fully saturated rings. The summed E-state index contributed by atoms with van der Waals surface area (Å²) < 4.78 is 11.8. The van der Waals surface area contributed by atoms with Gasteiger partial charge in [0.1, 0.15) is 5.84 Å². The zero-order valence-electron chi connectivity index (χ0n) is 8.60. The summed E-state index contributed by atoms with van der Waals surface area (Å²) in [5.41, 5.74) is 5.30. The highest BCUT2D eigenvalue weighted by Gasteiger charge is 2.04. The Kier molecular flexibility index (Phi) is 5.28. The van der Waals surface area contributed by atoms with Gasteiger partial charge in [-0.3, -0.25) is 4.21 Å². The van der Waals surface area contributed by atoms with Crippen molar-refractivity contribution >= 4 is 28.2 Å². The van der Waals surface area contributed by atoms with Crippen LogP contribution < -0.4 is 5.73 Å². The smallest absolute Gasteiger partial charge is 0.139 e. The van der Waals surface area contributed by atoms with E-state index in [1.807, 2.05) is 0 Å². The van der Waals surface area contributed by atoms with Gasteiger partial charge >= 0.3 is 0 Å². The maximum Gasteiger partial charge on any atom is 0.139 e. The Bertz CT molecular complexity index is 392. The van der Waals surface area contributed by atoms with Gasteiger partial charge in [-0.05, 0) is 30.7 Å². The van der Waals surface area contributed by atoms with E-state index in [9.17, 15) is 4.21 Å². The van der Waals surface area contributed by atoms with Crippen molar-refractivity contribution in [3.05, 3.63) is 29.3 Å². The fraction of sp³-hybridized carbons (Fsp3) is 0.300. The second-order valence-corrected chi connectivity index (χ2v) is 5.21. The maximum absolute atomic E-state index is 11.8. The van der Waals surface area contributed by atoms with E-state index < -0.39 is 10.8 Å². The lowest BCUT2D eigenvalue weighted by Gasteiger charge is -2.02. The predicted octanol–water partition coefficient (Wildman–Crippen LogP) is 1.97. The molecule has 88 valence electrons. The van der Waals surface area contributed by atoms with E-state index >= 15 is 0 Å². The molecule has 0 saturated carbocycles. The Morgan fingerprint density at radius 1 is 1.44 bits per heavy atom. The Morgan fingerprint density at radius 2 is 2.06 bits per heavy atom. The molecule has 0 radical (unpaired) electrons. The van der Waals surface area contributed by atoms with Gasteiger partial charge in [-0.1, -0.05) is 16.8 Å². The highest BCUT2D eigenvalue weighted by atomic mass is 35.5. The molecular weight excluding hydrogens is 248 g/mol. The zero-order valence-corrected chi connectivity index (χ0v) is 10.2. The largest absolute Gasteiger partial charge is 0.409 e. The molecule has 0 aliphatic heterocycles. The van der Waals surface area contributed by atoms with Gasteiger partial charge in [0.15, 0.2) is 0 Å². The molecule has 6 heteroatoms. The summed E-state index contributed by atoms with van der Waals surface area (Å²) >= 11 is 5.72. The fourth-order valence-corrected chi connectivity index (χ4v) is 2.35. The minimum atomic E-state index is -1.06. The molecule has 1 aromatic rings. The van der Waals surface area contributed by atoms with Crippen molar-refractivity contribution in [1.29, 1.82) is 0 Å². The number of nitrogens with two attached hydrogens (primary N) is 1. The molecule has 0 amide bonds. The van der Waals surface area contributed by atoms with Crippen LogP contribution >= 0.6 is 11.6 Å². The molecule has 0 saturated heterocycles. The van der Waals surface area contributed by atoms with Crippen molar-refractivity contribution in [2.24, 2.45) is 10.9 Å². The summed E-state index contributed by atoms with van der Waals surface area (Å²) in [5.74, 6) is 0.644. The molecule has 0 bridgehead atoms. The van der Waals surface area contributed by atoms with Crippen LogP contribution in [0.5, 0.6) is 0 Å². The number of amidine groups is 1. The Hall–Kier alpha value is -1.07. The molecule has 0 spiro atoms. The first-order chi connectivity index (χ1) is 7.63. The van der Waals surface area contributed by atoms with Gasteiger partial charge in [-0.2, -0.15) is 0 Å². The van der Waals surface area contributed by atoms with Crippen molar-refractivity contribution in [1.82, 2.24) is 0 Å². The number of hydrogen-bond acceptors (Lipinski definition) is 3. The van der Waals surface area contributed by atoms with Crippen LogP contribution in [0.25, 0.3) is 0 Å². The van der Waals surface area contributed by atoms with Crippen LogP contribution in [0, 0.1) is 0 Å². The highest BCUT2D eigenvalue weighted by molar-refractivity contribution is 7.85. The predicted molar refractivity (Wildman–Crippen MR) is 65.4 cm³/mol. The number of halogens is 1. The van der Waals surface area contributed by atoms with Crippen molar-refractivity contribution in [3.63, 3.8) is 0 Å². The first-order valence-corrected chi connectivity index (χ1v) is 6.43. The first-order valence-electron chi connectivity index (χ1n) is 4.74. The third kappa shape index (κ3) is 4.20. The van der Waals surface area contributed by atoms with E-state index in [2.05, 4.69) is 5.16 Å². The molecule has 3 N–H and O–H groups in total. The van der Waals surface area contributed by atoms with Gasteiger partial charge in [-0.15, -0.1) is 0 Å². The number of hydrogen-bond donors (Lipinski definition) is 2. The minimum Gasteiger partial charge on any atom is -0.409 e. The normalized spacial score (nSPS) is 13.7. The number of nitrogens with zero attached hydrogens (tertiary/aromatic N) is 1. The van der Waals surface area contributed by atoms with Crippen molar-refractivity contribution in [2.75, 3.05) is 5.75 Å². The van der Waals surface area contributed by atoms with Crippen molar-refractivity contribution in [3.8, 4) is 0 Å².